The smallest absolute Gasteiger partial charge is 0.257 e. The lowest BCUT2D eigenvalue weighted by molar-refractivity contribution is 0.0977. The third-order valence-corrected chi connectivity index (χ3v) is 7.12. The van der Waals surface area contributed by atoms with Crippen LogP contribution in [-0.2, 0) is 10.0 Å². The Morgan fingerprint density at radius 3 is 2.12 bits per heavy atom. The molecule has 0 aromatic heterocycles. The Kier molecular flexibility index (Phi) is 10.9. The lowest BCUT2D eigenvalue weighted by Gasteiger charge is -2.21. The Morgan fingerprint density at radius 1 is 1.00 bits per heavy atom. The zero-order valence-corrected chi connectivity index (χ0v) is 22.0. The highest BCUT2D eigenvalue weighted by Gasteiger charge is 2.22. The fourth-order valence-electron chi connectivity index (χ4n) is 3.16. The summed E-state index contributed by atoms with van der Waals surface area (Å²) in [6, 6.07) is 13.2. The summed E-state index contributed by atoms with van der Waals surface area (Å²) in [5, 5.41) is 5.67. The summed E-state index contributed by atoms with van der Waals surface area (Å²) in [6.45, 7) is 9.78. The standard InChI is InChI=1S/C25H35N3O4S2/c1-5-16-28(17-6-2)34(30,31)23-13-9-21(10-14-23)26-25(33)27-24(29)20-7-11-22(12-8-20)32-18-15-19(3)4/h7-14,19H,5-6,15-18H2,1-4H3,(H2,26,27,29,33). The Hall–Kier alpha value is -2.49. The molecule has 2 aromatic rings. The summed E-state index contributed by atoms with van der Waals surface area (Å²) in [5.74, 6) is 0.931. The Balaban J connectivity index is 1.94. The Labute approximate surface area is 208 Å². The number of anilines is 1. The number of hydrogen-bond acceptors (Lipinski definition) is 5. The van der Waals surface area contributed by atoms with Crippen LogP contribution in [0.1, 0.15) is 57.3 Å². The lowest BCUT2D eigenvalue weighted by atomic mass is 10.1. The molecule has 7 nitrogen and oxygen atoms in total. The Morgan fingerprint density at radius 2 is 1.59 bits per heavy atom. The molecule has 0 aliphatic rings. The van der Waals surface area contributed by atoms with Gasteiger partial charge in [0.2, 0.25) is 10.0 Å². The highest BCUT2D eigenvalue weighted by Crippen LogP contribution is 2.19. The molecule has 0 spiro atoms. The van der Waals surface area contributed by atoms with Crippen molar-refractivity contribution >= 4 is 38.9 Å². The van der Waals surface area contributed by atoms with E-state index in [0.717, 1.165) is 19.3 Å². The molecule has 1 amide bonds. The van der Waals surface area contributed by atoms with Gasteiger partial charge in [0, 0.05) is 24.3 Å². The highest BCUT2D eigenvalue weighted by molar-refractivity contribution is 7.89. The predicted molar refractivity (Wildman–Crippen MR) is 141 cm³/mol. The van der Waals surface area contributed by atoms with Crippen LogP contribution in [0.15, 0.2) is 53.4 Å². The summed E-state index contributed by atoms with van der Waals surface area (Å²) in [6.07, 6.45) is 2.46. The van der Waals surface area contributed by atoms with Crippen LogP contribution < -0.4 is 15.4 Å². The second kappa shape index (κ2) is 13.4. The fourth-order valence-corrected chi connectivity index (χ4v) is 5.00. The summed E-state index contributed by atoms with van der Waals surface area (Å²) in [4.78, 5) is 12.7. The van der Waals surface area contributed by atoms with Gasteiger partial charge in [-0.15, -0.1) is 0 Å². The maximum Gasteiger partial charge on any atom is 0.257 e. The molecular weight excluding hydrogens is 470 g/mol. The van der Waals surface area contributed by atoms with Crippen LogP contribution in [0.25, 0.3) is 0 Å². The van der Waals surface area contributed by atoms with E-state index >= 15 is 0 Å². The molecule has 0 radical (unpaired) electrons. The van der Waals surface area contributed by atoms with Crippen LogP contribution in [0.2, 0.25) is 0 Å². The van der Waals surface area contributed by atoms with E-state index in [4.69, 9.17) is 17.0 Å². The monoisotopic (exact) mass is 505 g/mol. The minimum atomic E-state index is -3.55. The van der Waals surface area contributed by atoms with E-state index in [1.54, 1.807) is 48.5 Å². The van der Waals surface area contributed by atoms with Crippen molar-refractivity contribution < 1.29 is 17.9 Å². The molecule has 0 unspecified atom stereocenters. The van der Waals surface area contributed by atoms with Gasteiger partial charge in [0.05, 0.1) is 11.5 Å². The number of sulfonamides is 1. The van der Waals surface area contributed by atoms with Gasteiger partial charge in [0.15, 0.2) is 5.11 Å². The van der Waals surface area contributed by atoms with Crippen molar-refractivity contribution in [3.8, 4) is 5.75 Å². The molecule has 34 heavy (non-hydrogen) atoms. The molecule has 9 heteroatoms. The summed E-state index contributed by atoms with van der Waals surface area (Å²) < 4.78 is 32.9. The van der Waals surface area contributed by atoms with Crippen molar-refractivity contribution in [2.24, 2.45) is 5.92 Å². The third kappa shape index (κ3) is 8.38. The fraction of sp³-hybridized carbons (Fsp3) is 0.440. The molecule has 0 heterocycles. The molecule has 0 bridgehead atoms. The van der Waals surface area contributed by atoms with Gasteiger partial charge in [-0.05, 0) is 85.9 Å². The molecular formula is C25H35N3O4S2. The van der Waals surface area contributed by atoms with Gasteiger partial charge in [-0.2, -0.15) is 4.31 Å². The zero-order chi connectivity index (χ0) is 25.1. The zero-order valence-electron chi connectivity index (χ0n) is 20.3. The van der Waals surface area contributed by atoms with Crippen molar-refractivity contribution in [1.82, 2.24) is 9.62 Å². The van der Waals surface area contributed by atoms with Gasteiger partial charge in [-0.3, -0.25) is 10.1 Å². The van der Waals surface area contributed by atoms with Crippen molar-refractivity contribution in [3.05, 3.63) is 54.1 Å². The number of rotatable bonds is 12. The first-order valence-corrected chi connectivity index (χ1v) is 13.5. The van der Waals surface area contributed by atoms with E-state index in [1.807, 2.05) is 13.8 Å². The largest absolute Gasteiger partial charge is 0.494 e. The number of nitrogens with zero attached hydrogens (tertiary/aromatic N) is 1. The molecule has 2 N–H and O–H groups in total. The molecule has 186 valence electrons. The first-order chi connectivity index (χ1) is 16.2. The predicted octanol–water partition coefficient (Wildman–Crippen LogP) is 5.05. The first kappa shape index (κ1) is 27.8. The van der Waals surface area contributed by atoms with Gasteiger partial charge in [0.25, 0.3) is 5.91 Å². The molecule has 0 atom stereocenters. The number of amides is 1. The average Bonchev–Trinajstić information content (AvgIpc) is 2.79. The number of hydrogen-bond donors (Lipinski definition) is 2. The number of carbonyl (C=O) groups excluding carboxylic acids is 1. The minimum absolute atomic E-state index is 0.122. The van der Waals surface area contributed by atoms with Crippen molar-refractivity contribution in [3.63, 3.8) is 0 Å². The molecule has 0 aliphatic carbocycles. The van der Waals surface area contributed by atoms with Crippen LogP contribution in [-0.4, -0.2) is 43.4 Å². The van der Waals surface area contributed by atoms with Crippen LogP contribution in [0.4, 0.5) is 5.69 Å². The summed E-state index contributed by atoms with van der Waals surface area (Å²) >= 11 is 5.24. The summed E-state index contributed by atoms with van der Waals surface area (Å²) in [7, 11) is -3.55. The maximum absolute atomic E-state index is 12.9. The lowest BCUT2D eigenvalue weighted by Crippen LogP contribution is -2.34. The second-order valence-electron chi connectivity index (χ2n) is 8.39. The molecule has 0 saturated carbocycles. The van der Waals surface area contributed by atoms with E-state index in [9.17, 15) is 13.2 Å². The van der Waals surface area contributed by atoms with Crippen molar-refractivity contribution in [2.45, 2.75) is 51.9 Å². The summed E-state index contributed by atoms with van der Waals surface area (Å²) in [5.41, 5.74) is 1.03. The number of nitrogens with one attached hydrogen (secondary N) is 2. The van der Waals surface area contributed by atoms with E-state index in [2.05, 4.69) is 24.5 Å². The molecule has 0 fully saturated rings. The van der Waals surface area contributed by atoms with Crippen LogP contribution in [0.3, 0.4) is 0 Å². The van der Waals surface area contributed by atoms with Crippen LogP contribution in [0, 0.1) is 5.92 Å². The number of thiocarbonyl (C=S) groups is 1. The van der Waals surface area contributed by atoms with Crippen LogP contribution >= 0.6 is 12.2 Å². The van der Waals surface area contributed by atoms with Gasteiger partial charge in [0.1, 0.15) is 5.75 Å². The normalized spacial score (nSPS) is 11.5. The number of benzene rings is 2. The second-order valence-corrected chi connectivity index (χ2v) is 10.7. The van der Waals surface area contributed by atoms with E-state index in [-0.39, 0.29) is 15.9 Å². The maximum atomic E-state index is 12.9. The topological polar surface area (TPSA) is 87.7 Å². The highest BCUT2D eigenvalue weighted by atomic mass is 32.2. The van der Waals surface area contributed by atoms with Crippen LogP contribution in [0.5, 0.6) is 5.75 Å². The van der Waals surface area contributed by atoms with E-state index in [1.165, 1.54) is 4.31 Å². The van der Waals surface area contributed by atoms with Crippen molar-refractivity contribution in [2.75, 3.05) is 25.0 Å². The molecule has 2 aromatic carbocycles. The molecule has 2 rings (SSSR count). The third-order valence-electron chi connectivity index (χ3n) is 5.00. The quantitative estimate of drug-likeness (QED) is 0.393. The molecule has 0 saturated heterocycles. The van der Waals surface area contributed by atoms with E-state index in [0.29, 0.717) is 42.6 Å². The Bertz CT molecular complexity index is 1030. The van der Waals surface area contributed by atoms with Gasteiger partial charge < -0.3 is 10.1 Å². The number of ether oxygens (including phenoxy) is 1. The minimum Gasteiger partial charge on any atom is -0.494 e. The van der Waals surface area contributed by atoms with Gasteiger partial charge in [-0.25, -0.2) is 8.42 Å². The van der Waals surface area contributed by atoms with Gasteiger partial charge >= 0.3 is 0 Å². The molecule has 0 aliphatic heterocycles. The average molecular weight is 506 g/mol. The van der Waals surface area contributed by atoms with Gasteiger partial charge in [-0.1, -0.05) is 27.7 Å². The first-order valence-electron chi connectivity index (χ1n) is 11.6. The van der Waals surface area contributed by atoms with E-state index < -0.39 is 10.0 Å². The SMILES string of the molecule is CCCN(CCC)S(=O)(=O)c1ccc(NC(=S)NC(=O)c2ccc(OCCC(C)C)cc2)cc1. The number of carbonyl (C=O) groups is 1. The van der Waals surface area contributed by atoms with Crippen molar-refractivity contribution in [1.29, 1.82) is 0 Å².